The molecule has 0 unspecified atom stereocenters. The van der Waals surface area contributed by atoms with E-state index in [2.05, 4.69) is 4.72 Å². The quantitative estimate of drug-likeness (QED) is 0.587. The maximum absolute atomic E-state index is 9.96. The minimum atomic E-state index is -2.49. The van der Waals surface area contributed by atoms with Crippen LogP contribution in [0.25, 0.3) is 0 Å². The Kier molecular flexibility index (Phi) is 3.42. The lowest BCUT2D eigenvalue weighted by molar-refractivity contribution is 0.542. The Hall–Kier alpha value is -0.510. The van der Waals surface area contributed by atoms with Crippen molar-refractivity contribution in [2.45, 2.75) is 20.8 Å². The molecule has 60 valence electrons. The van der Waals surface area contributed by atoms with Gasteiger partial charge in [0.25, 0.3) is 0 Å². The van der Waals surface area contributed by atoms with Gasteiger partial charge in [-0.2, -0.15) is 0 Å². The smallest absolute Gasteiger partial charge is 0.222 e. The molecular weight excluding hydrogens is 150 g/mol. The van der Waals surface area contributed by atoms with Crippen molar-refractivity contribution in [2.24, 2.45) is 5.41 Å². The molecular formula is C6H13NO2S. The predicted octanol–water partition coefficient (Wildman–Crippen LogP) is 0.662. The first kappa shape index (κ1) is 9.49. The zero-order chi connectivity index (χ0) is 8.20. The molecule has 0 rings (SSSR count). The molecule has 0 heterocycles. The third-order valence-electron chi connectivity index (χ3n) is 0.763. The lowest BCUT2D eigenvalue weighted by Crippen LogP contribution is -2.05. The summed E-state index contributed by atoms with van der Waals surface area (Å²) in [6.45, 7) is 5.97. The molecule has 0 aliphatic carbocycles. The van der Waals surface area contributed by atoms with Crippen LogP contribution in [0.2, 0.25) is 0 Å². The second-order valence-electron chi connectivity index (χ2n) is 3.09. The molecule has 0 radical (unpaired) electrons. The van der Waals surface area contributed by atoms with Crippen molar-refractivity contribution < 1.29 is 8.42 Å². The molecule has 10 heavy (non-hydrogen) atoms. The van der Waals surface area contributed by atoms with E-state index in [9.17, 15) is 8.42 Å². The fourth-order valence-corrected chi connectivity index (χ4v) is 0.544. The minimum absolute atomic E-state index is 0.0261. The maximum Gasteiger partial charge on any atom is 0.222 e. The number of allylic oxidation sites excluding steroid dienone is 1. The van der Waals surface area contributed by atoms with Crippen molar-refractivity contribution in [1.29, 1.82) is 0 Å². The third-order valence-corrected chi connectivity index (χ3v) is 1.12. The largest absolute Gasteiger partial charge is 0.293 e. The Morgan fingerprint density at radius 3 is 2.10 bits per heavy atom. The molecule has 0 amide bonds. The number of rotatable bonds is 2. The molecule has 1 N–H and O–H groups in total. The molecule has 0 saturated heterocycles. The van der Waals surface area contributed by atoms with E-state index in [1.165, 1.54) is 6.20 Å². The van der Waals surface area contributed by atoms with E-state index in [4.69, 9.17) is 0 Å². The number of hydrogen-bond donors (Lipinski definition) is 2. The van der Waals surface area contributed by atoms with Gasteiger partial charge in [-0.05, 0) is 5.41 Å². The molecule has 0 aromatic rings. The number of hydrogen-bond acceptors (Lipinski definition) is 2. The molecule has 0 aliphatic heterocycles. The van der Waals surface area contributed by atoms with E-state index in [0.717, 1.165) is 0 Å². The van der Waals surface area contributed by atoms with Crippen LogP contribution in [0.1, 0.15) is 20.8 Å². The zero-order valence-corrected chi connectivity index (χ0v) is 7.31. The average Bonchev–Trinajstić information content (AvgIpc) is 1.59. The molecule has 3 nitrogen and oxygen atoms in total. The summed E-state index contributed by atoms with van der Waals surface area (Å²) in [5, 5.41) is 0. The van der Waals surface area contributed by atoms with Gasteiger partial charge in [0.1, 0.15) is 0 Å². The Bertz CT molecular complexity index is 180. The molecule has 0 aromatic carbocycles. The molecule has 0 spiro atoms. The first-order valence-electron chi connectivity index (χ1n) is 3.00. The van der Waals surface area contributed by atoms with E-state index in [1.807, 2.05) is 20.8 Å². The highest BCUT2D eigenvalue weighted by atomic mass is 32.2. The van der Waals surface area contributed by atoms with E-state index in [0.29, 0.717) is 0 Å². The van der Waals surface area contributed by atoms with Gasteiger partial charge in [0, 0.05) is 6.20 Å². The predicted molar refractivity (Wildman–Crippen MR) is 42.0 cm³/mol. The second-order valence-corrected chi connectivity index (χ2v) is 3.86. The number of nitrogens with one attached hydrogen (secondary N) is 1. The molecule has 0 saturated carbocycles. The molecule has 0 atom stereocenters. The summed E-state index contributed by atoms with van der Waals surface area (Å²) in [5.74, 6) is 0. The van der Waals surface area contributed by atoms with Gasteiger partial charge in [-0.3, -0.25) is 4.72 Å². The van der Waals surface area contributed by atoms with Crippen molar-refractivity contribution in [3.05, 3.63) is 12.3 Å². The molecule has 0 fully saturated rings. The fourth-order valence-electron chi connectivity index (χ4n) is 0.348. The highest BCUT2D eigenvalue weighted by Gasteiger charge is 2.02. The Labute approximate surface area is 63.2 Å². The van der Waals surface area contributed by atoms with Crippen LogP contribution in [0, 0.1) is 5.41 Å². The molecule has 0 bridgehead atoms. The molecule has 0 aromatic heterocycles. The van der Waals surface area contributed by atoms with Crippen molar-refractivity contribution in [3.63, 3.8) is 0 Å². The molecule has 0 aliphatic rings. The van der Waals surface area contributed by atoms with Gasteiger partial charge in [-0.25, -0.2) is 8.42 Å². The van der Waals surface area contributed by atoms with E-state index in [1.54, 1.807) is 6.08 Å². The molecule has 4 heteroatoms. The Morgan fingerprint density at radius 1 is 1.30 bits per heavy atom. The summed E-state index contributed by atoms with van der Waals surface area (Å²) in [6, 6.07) is 0. The van der Waals surface area contributed by atoms with E-state index >= 15 is 0 Å². The van der Waals surface area contributed by atoms with Crippen LogP contribution in [0.15, 0.2) is 12.3 Å². The maximum atomic E-state index is 9.96. The first-order valence-corrected chi connectivity index (χ1v) is 4.18. The van der Waals surface area contributed by atoms with Crippen LogP contribution in [-0.4, -0.2) is 8.42 Å². The summed E-state index contributed by atoms with van der Waals surface area (Å²) in [4.78, 5) is 0. The van der Waals surface area contributed by atoms with Gasteiger partial charge in [0.2, 0.25) is 10.9 Å². The van der Waals surface area contributed by atoms with Gasteiger partial charge >= 0.3 is 0 Å². The minimum Gasteiger partial charge on any atom is -0.293 e. The van der Waals surface area contributed by atoms with Gasteiger partial charge < -0.3 is 0 Å². The van der Waals surface area contributed by atoms with Crippen molar-refractivity contribution in [3.8, 4) is 0 Å². The standard InChI is InChI=1S/C6H13NO2S/c1-6(2,3)4-5-7-10(8)9/h4-5,10H,1-3H3,(H,7,8,9). The monoisotopic (exact) mass is 163 g/mol. The van der Waals surface area contributed by atoms with Crippen LogP contribution in [0.4, 0.5) is 0 Å². The zero-order valence-electron chi connectivity index (χ0n) is 6.42. The van der Waals surface area contributed by atoms with Gasteiger partial charge in [0.15, 0.2) is 0 Å². The summed E-state index contributed by atoms with van der Waals surface area (Å²) >= 11 is 0. The first-order chi connectivity index (χ1) is 4.42. The highest BCUT2D eigenvalue weighted by Crippen LogP contribution is 2.13. The van der Waals surface area contributed by atoms with Crippen LogP contribution in [0.3, 0.4) is 0 Å². The van der Waals surface area contributed by atoms with Crippen LogP contribution in [0.5, 0.6) is 0 Å². The lowest BCUT2D eigenvalue weighted by atomic mass is 9.97. The second kappa shape index (κ2) is 3.61. The van der Waals surface area contributed by atoms with Crippen molar-refractivity contribution in [2.75, 3.05) is 0 Å². The Balaban J connectivity index is 3.78. The SMILES string of the molecule is CC(C)(C)C=CN[SH](=O)=O. The van der Waals surface area contributed by atoms with Gasteiger partial charge in [-0.1, -0.05) is 26.8 Å². The van der Waals surface area contributed by atoms with Crippen LogP contribution >= 0.6 is 0 Å². The van der Waals surface area contributed by atoms with Crippen molar-refractivity contribution >= 4 is 10.9 Å². The summed E-state index contributed by atoms with van der Waals surface area (Å²) in [7, 11) is -2.49. The average molecular weight is 163 g/mol. The van der Waals surface area contributed by atoms with E-state index < -0.39 is 10.9 Å². The summed E-state index contributed by atoms with van der Waals surface area (Å²) < 4.78 is 22.1. The lowest BCUT2D eigenvalue weighted by Gasteiger charge is -2.09. The number of thiol groups is 1. The van der Waals surface area contributed by atoms with Crippen LogP contribution < -0.4 is 4.72 Å². The fraction of sp³-hybridized carbons (Fsp3) is 0.667. The highest BCUT2D eigenvalue weighted by molar-refractivity contribution is 7.70. The Morgan fingerprint density at radius 2 is 1.80 bits per heavy atom. The van der Waals surface area contributed by atoms with Crippen LogP contribution in [-0.2, 0) is 10.9 Å². The normalized spacial score (nSPS) is 12.8. The van der Waals surface area contributed by atoms with E-state index in [-0.39, 0.29) is 5.41 Å². The van der Waals surface area contributed by atoms with Crippen molar-refractivity contribution in [1.82, 2.24) is 4.72 Å². The summed E-state index contributed by atoms with van der Waals surface area (Å²) in [6.07, 6.45) is 3.23. The third kappa shape index (κ3) is 7.49. The topological polar surface area (TPSA) is 46.2 Å². The van der Waals surface area contributed by atoms with Gasteiger partial charge in [0.05, 0.1) is 0 Å². The summed E-state index contributed by atoms with van der Waals surface area (Å²) in [5.41, 5.74) is 0.0261. The van der Waals surface area contributed by atoms with Gasteiger partial charge in [-0.15, -0.1) is 0 Å².